The molecule has 1 atom stereocenters. The second-order valence-electron chi connectivity index (χ2n) is 6.80. The van der Waals surface area contributed by atoms with Crippen LogP contribution in [-0.4, -0.2) is 21.7 Å². The molecule has 3 aromatic rings. The smallest absolute Gasteiger partial charge is 0.290 e. The van der Waals surface area contributed by atoms with Gasteiger partial charge in [-0.2, -0.15) is 0 Å². The lowest BCUT2D eigenvalue weighted by atomic mass is 9.94. The Morgan fingerprint density at radius 1 is 1.04 bits per heavy atom. The number of aliphatic hydroxyl groups is 1. The molecule has 28 heavy (non-hydrogen) atoms. The van der Waals surface area contributed by atoms with Crippen LogP contribution >= 0.6 is 11.3 Å². The molecule has 140 valence electrons. The van der Waals surface area contributed by atoms with E-state index in [4.69, 9.17) is 0 Å². The molecule has 5 heteroatoms. The molecule has 1 amide bonds. The summed E-state index contributed by atoms with van der Waals surface area (Å²) < 4.78 is 0. The third kappa shape index (κ3) is 3.25. The van der Waals surface area contributed by atoms with Crippen molar-refractivity contribution in [1.82, 2.24) is 4.90 Å². The number of hydrogen-bond donors (Lipinski definition) is 1. The predicted octanol–water partition coefficient (Wildman–Crippen LogP) is 4.84. The zero-order valence-electron chi connectivity index (χ0n) is 15.3. The third-order valence-electron chi connectivity index (χ3n) is 4.88. The fraction of sp³-hybridized carbons (Fsp3) is 0.130. The first-order valence-corrected chi connectivity index (χ1v) is 9.87. The molecule has 1 N–H and O–H groups in total. The van der Waals surface area contributed by atoms with Gasteiger partial charge in [-0.25, -0.2) is 0 Å². The summed E-state index contributed by atoms with van der Waals surface area (Å²) >= 11 is 1.30. The number of aliphatic hydroxyl groups excluding tert-OH is 1. The highest BCUT2D eigenvalue weighted by Crippen LogP contribution is 2.40. The Balaban J connectivity index is 1.79. The van der Waals surface area contributed by atoms with Gasteiger partial charge in [-0.15, -0.1) is 11.3 Å². The summed E-state index contributed by atoms with van der Waals surface area (Å²) in [5.74, 6) is -1.28. The Hall–Kier alpha value is -3.18. The van der Waals surface area contributed by atoms with Gasteiger partial charge in [0.05, 0.1) is 16.5 Å². The number of amides is 1. The fourth-order valence-electron chi connectivity index (χ4n) is 3.46. The molecule has 0 saturated heterocycles. The molecular formula is C23H19NO3S. The van der Waals surface area contributed by atoms with Gasteiger partial charge in [0.15, 0.2) is 5.76 Å². The number of ketones is 1. The lowest BCUT2D eigenvalue weighted by Crippen LogP contribution is -2.30. The third-order valence-corrected chi connectivity index (χ3v) is 5.75. The van der Waals surface area contributed by atoms with Crippen molar-refractivity contribution < 1.29 is 14.7 Å². The molecule has 1 aliphatic heterocycles. The molecule has 2 heterocycles. The number of aryl methyl sites for hydroxylation is 1. The van der Waals surface area contributed by atoms with Crippen molar-refractivity contribution in [2.75, 3.05) is 0 Å². The van der Waals surface area contributed by atoms with Crippen molar-refractivity contribution in [3.63, 3.8) is 0 Å². The van der Waals surface area contributed by atoms with Gasteiger partial charge in [0.25, 0.3) is 5.91 Å². The molecule has 0 fully saturated rings. The minimum absolute atomic E-state index is 0.146. The Morgan fingerprint density at radius 2 is 1.75 bits per heavy atom. The van der Waals surface area contributed by atoms with E-state index in [9.17, 15) is 14.7 Å². The molecule has 0 spiro atoms. The Kier molecular flexibility index (Phi) is 4.84. The number of thiophene rings is 1. The van der Waals surface area contributed by atoms with E-state index < -0.39 is 17.7 Å². The number of carbonyl (C=O) groups excluding carboxylic acids is 2. The quantitative estimate of drug-likeness (QED) is 0.636. The molecule has 1 aromatic heterocycles. The average molecular weight is 389 g/mol. The van der Waals surface area contributed by atoms with Crippen LogP contribution in [0.25, 0.3) is 0 Å². The van der Waals surface area contributed by atoms with Crippen molar-refractivity contribution >= 4 is 23.0 Å². The second-order valence-corrected chi connectivity index (χ2v) is 7.75. The zero-order valence-corrected chi connectivity index (χ0v) is 16.1. The van der Waals surface area contributed by atoms with Crippen LogP contribution in [0, 0.1) is 6.92 Å². The lowest BCUT2D eigenvalue weighted by Gasteiger charge is -2.27. The highest BCUT2D eigenvalue weighted by Gasteiger charge is 2.43. The summed E-state index contributed by atoms with van der Waals surface area (Å²) in [4.78, 5) is 28.1. The first-order valence-electron chi connectivity index (χ1n) is 8.99. The summed E-state index contributed by atoms with van der Waals surface area (Å²) in [6.45, 7) is 2.29. The summed E-state index contributed by atoms with van der Waals surface area (Å²) in [6.07, 6.45) is 0. The normalized spacial score (nSPS) is 16.7. The summed E-state index contributed by atoms with van der Waals surface area (Å²) in [6, 6.07) is 20.2. The molecular weight excluding hydrogens is 370 g/mol. The fourth-order valence-corrected chi connectivity index (χ4v) is 4.14. The molecule has 1 unspecified atom stereocenters. The largest absolute Gasteiger partial charge is 0.503 e. The molecule has 1 aliphatic rings. The van der Waals surface area contributed by atoms with E-state index in [2.05, 4.69) is 0 Å². The van der Waals surface area contributed by atoms with Crippen molar-refractivity contribution in [2.24, 2.45) is 0 Å². The van der Waals surface area contributed by atoms with Crippen LogP contribution in [-0.2, 0) is 11.3 Å². The molecule has 4 rings (SSSR count). The summed E-state index contributed by atoms with van der Waals surface area (Å²) in [5, 5.41) is 12.4. The maximum absolute atomic E-state index is 13.1. The van der Waals surface area contributed by atoms with Crippen LogP contribution in [0.3, 0.4) is 0 Å². The minimum atomic E-state index is -0.622. The molecule has 0 bridgehead atoms. The topological polar surface area (TPSA) is 57.6 Å². The van der Waals surface area contributed by atoms with Gasteiger partial charge in [0.1, 0.15) is 0 Å². The van der Waals surface area contributed by atoms with Crippen molar-refractivity contribution in [3.8, 4) is 0 Å². The monoisotopic (exact) mass is 389 g/mol. The Morgan fingerprint density at radius 3 is 2.39 bits per heavy atom. The number of Topliss-reactive ketones (excluding diaryl/α,β-unsaturated/α-hetero) is 1. The van der Waals surface area contributed by atoms with Gasteiger partial charge in [0.2, 0.25) is 5.78 Å². The minimum Gasteiger partial charge on any atom is -0.503 e. The van der Waals surface area contributed by atoms with Gasteiger partial charge in [-0.3, -0.25) is 9.59 Å². The first kappa shape index (κ1) is 18.2. The number of rotatable bonds is 5. The predicted molar refractivity (Wildman–Crippen MR) is 109 cm³/mol. The Bertz CT molecular complexity index is 1040. The van der Waals surface area contributed by atoms with E-state index in [1.165, 1.54) is 11.3 Å². The van der Waals surface area contributed by atoms with E-state index in [-0.39, 0.29) is 11.4 Å². The maximum atomic E-state index is 13.1. The van der Waals surface area contributed by atoms with Gasteiger partial charge in [-0.05, 0) is 29.5 Å². The van der Waals surface area contributed by atoms with Crippen LogP contribution in [0.5, 0.6) is 0 Å². The van der Waals surface area contributed by atoms with Crippen molar-refractivity contribution in [3.05, 3.63) is 105 Å². The van der Waals surface area contributed by atoms with E-state index in [1.54, 1.807) is 17.0 Å². The molecule has 4 nitrogen and oxygen atoms in total. The Labute approximate surface area is 167 Å². The number of hydrogen-bond acceptors (Lipinski definition) is 4. The number of carbonyl (C=O) groups is 2. The zero-order chi connectivity index (χ0) is 19.7. The molecule has 0 radical (unpaired) electrons. The van der Waals surface area contributed by atoms with Crippen LogP contribution < -0.4 is 0 Å². The SMILES string of the molecule is Cc1ccc(C2C(C(=O)c3cccs3)=C(O)C(=O)N2Cc2ccccc2)cc1. The number of benzene rings is 2. The number of nitrogens with zero attached hydrogens (tertiary/aromatic N) is 1. The van der Waals surface area contributed by atoms with E-state index >= 15 is 0 Å². The van der Waals surface area contributed by atoms with Gasteiger partial charge >= 0.3 is 0 Å². The second kappa shape index (κ2) is 7.44. The van der Waals surface area contributed by atoms with E-state index in [0.29, 0.717) is 11.4 Å². The van der Waals surface area contributed by atoms with E-state index in [0.717, 1.165) is 16.7 Å². The van der Waals surface area contributed by atoms with Gasteiger partial charge in [-0.1, -0.05) is 66.2 Å². The maximum Gasteiger partial charge on any atom is 0.290 e. The van der Waals surface area contributed by atoms with Crippen LogP contribution in [0.4, 0.5) is 0 Å². The highest BCUT2D eigenvalue weighted by atomic mass is 32.1. The van der Waals surface area contributed by atoms with Crippen LogP contribution in [0.1, 0.15) is 32.4 Å². The van der Waals surface area contributed by atoms with Gasteiger partial charge < -0.3 is 10.0 Å². The first-order chi connectivity index (χ1) is 13.6. The lowest BCUT2D eigenvalue weighted by molar-refractivity contribution is -0.130. The highest BCUT2D eigenvalue weighted by molar-refractivity contribution is 7.12. The van der Waals surface area contributed by atoms with Crippen molar-refractivity contribution in [1.29, 1.82) is 0 Å². The van der Waals surface area contributed by atoms with Crippen LogP contribution in [0.2, 0.25) is 0 Å². The van der Waals surface area contributed by atoms with Crippen LogP contribution in [0.15, 0.2) is 83.4 Å². The average Bonchev–Trinajstić information content (AvgIpc) is 3.33. The van der Waals surface area contributed by atoms with E-state index in [1.807, 2.05) is 66.9 Å². The summed E-state index contributed by atoms with van der Waals surface area (Å²) in [5.41, 5.74) is 2.97. The van der Waals surface area contributed by atoms with Crippen molar-refractivity contribution in [2.45, 2.75) is 19.5 Å². The summed E-state index contributed by atoms with van der Waals surface area (Å²) in [7, 11) is 0. The molecule has 0 aliphatic carbocycles. The molecule has 0 saturated carbocycles. The molecule has 2 aromatic carbocycles. The standard InChI is InChI=1S/C23H19NO3S/c1-15-9-11-17(12-10-15)20-19(21(25)18-8-5-13-28-18)22(26)23(27)24(20)14-16-6-3-2-4-7-16/h2-13,20,26H,14H2,1H3. The van der Waals surface area contributed by atoms with Gasteiger partial charge in [0, 0.05) is 6.54 Å².